The number of carbonyl (C=O) groups is 1. The van der Waals surface area contributed by atoms with E-state index in [1.165, 1.54) is 10.1 Å². The number of aryl methyl sites for hydroxylation is 1. The predicted molar refractivity (Wildman–Crippen MR) is 109 cm³/mol. The first-order valence-electron chi connectivity index (χ1n) is 9.53. The van der Waals surface area contributed by atoms with Crippen molar-refractivity contribution in [2.45, 2.75) is 32.2 Å². The number of nitrogens with zero attached hydrogens (tertiary/aromatic N) is 3. The van der Waals surface area contributed by atoms with E-state index in [1.54, 1.807) is 13.1 Å². The van der Waals surface area contributed by atoms with Crippen molar-refractivity contribution >= 4 is 11.9 Å². The van der Waals surface area contributed by atoms with E-state index in [0.717, 1.165) is 12.8 Å². The maximum absolute atomic E-state index is 12.9. The summed E-state index contributed by atoms with van der Waals surface area (Å²) >= 11 is 0. The van der Waals surface area contributed by atoms with Gasteiger partial charge in [0.25, 0.3) is 5.56 Å². The lowest BCUT2D eigenvalue weighted by atomic mass is 10.1. The highest BCUT2D eigenvalue weighted by molar-refractivity contribution is 5.76. The van der Waals surface area contributed by atoms with Gasteiger partial charge in [0.15, 0.2) is 0 Å². The molecular formula is C20H26N6O3. The van der Waals surface area contributed by atoms with Crippen LogP contribution in [0.1, 0.15) is 29.3 Å². The van der Waals surface area contributed by atoms with Crippen LogP contribution in [0.4, 0.5) is 0 Å². The number of hydrogen-bond acceptors (Lipinski definition) is 5. The van der Waals surface area contributed by atoms with Crippen LogP contribution in [-0.2, 0) is 22.6 Å². The van der Waals surface area contributed by atoms with Gasteiger partial charge in [0.05, 0.1) is 6.54 Å². The molecule has 1 aromatic carbocycles. The smallest absolute Gasteiger partial charge is 0.273 e. The summed E-state index contributed by atoms with van der Waals surface area (Å²) in [6.07, 6.45) is 3.52. The molecule has 2 aromatic rings. The van der Waals surface area contributed by atoms with Crippen molar-refractivity contribution in [3.63, 3.8) is 0 Å². The molecule has 2 atom stereocenters. The highest BCUT2D eigenvalue weighted by Crippen LogP contribution is 2.47. The van der Waals surface area contributed by atoms with Gasteiger partial charge in [-0.2, -0.15) is 0 Å². The number of rotatable bonds is 9. The minimum absolute atomic E-state index is 0.0709. The summed E-state index contributed by atoms with van der Waals surface area (Å²) < 4.78 is 1.46. The third-order valence-electron chi connectivity index (χ3n) is 4.88. The molecule has 2 unspecified atom stereocenters. The molecule has 1 aliphatic carbocycles. The fraction of sp³-hybridized carbons (Fsp3) is 0.400. The van der Waals surface area contributed by atoms with Crippen molar-refractivity contribution in [1.29, 1.82) is 0 Å². The van der Waals surface area contributed by atoms with Crippen LogP contribution in [0.2, 0.25) is 0 Å². The molecule has 1 fully saturated rings. The summed E-state index contributed by atoms with van der Waals surface area (Å²) in [5, 5.41) is 6.04. The molecular weight excluding hydrogens is 372 g/mol. The van der Waals surface area contributed by atoms with Gasteiger partial charge in [-0.1, -0.05) is 30.3 Å². The van der Waals surface area contributed by atoms with Crippen molar-refractivity contribution in [3.8, 4) is 0 Å². The third kappa shape index (κ3) is 5.56. The Morgan fingerprint density at radius 1 is 1.34 bits per heavy atom. The van der Waals surface area contributed by atoms with Gasteiger partial charge in [-0.3, -0.25) is 14.6 Å². The first-order chi connectivity index (χ1) is 14.0. The Balaban J connectivity index is 1.59. The van der Waals surface area contributed by atoms with E-state index in [-0.39, 0.29) is 43.0 Å². The maximum Gasteiger partial charge on any atom is 0.273 e. The number of benzene rings is 1. The van der Waals surface area contributed by atoms with E-state index < -0.39 is 0 Å². The molecule has 1 amide bonds. The van der Waals surface area contributed by atoms with Gasteiger partial charge in [0, 0.05) is 17.8 Å². The zero-order valence-corrected chi connectivity index (χ0v) is 16.4. The lowest BCUT2D eigenvalue weighted by molar-refractivity contribution is -0.122. The maximum atomic E-state index is 12.9. The second kappa shape index (κ2) is 9.22. The number of nitrogens with two attached hydrogens (primary N) is 2. The van der Waals surface area contributed by atoms with Gasteiger partial charge in [0.1, 0.15) is 18.8 Å². The molecule has 1 aromatic heterocycles. The fourth-order valence-electron chi connectivity index (χ4n) is 3.32. The summed E-state index contributed by atoms with van der Waals surface area (Å²) in [5.74, 6) is 0.0756. The van der Waals surface area contributed by atoms with Gasteiger partial charge in [0.2, 0.25) is 11.9 Å². The van der Waals surface area contributed by atoms with Crippen LogP contribution in [-0.4, -0.2) is 34.6 Å². The zero-order valence-electron chi connectivity index (χ0n) is 16.4. The number of guanidine groups is 1. The normalized spacial score (nSPS) is 17.4. The van der Waals surface area contributed by atoms with E-state index in [2.05, 4.69) is 27.6 Å². The molecule has 0 bridgehead atoms. The average molecular weight is 398 g/mol. The molecule has 29 heavy (non-hydrogen) atoms. The number of oxime groups is 1. The molecule has 0 saturated heterocycles. The van der Waals surface area contributed by atoms with E-state index in [1.807, 2.05) is 18.2 Å². The van der Waals surface area contributed by atoms with E-state index in [4.69, 9.17) is 16.3 Å². The van der Waals surface area contributed by atoms with Crippen LogP contribution >= 0.6 is 0 Å². The molecule has 5 N–H and O–H groups in total. The molecule has 1 aliphatic rings. The standard InChI is InChI=1S/C20H26N6O3/c1-13-11-24-18(16-10-15(16)9-14-5-3-2-4-6-14)19(28)26(13)12-17(27)23-7-8-29-25-20(21)22/h2-6,11,15-16H,7-10,12H2,1H3,(H,23,27)(H4,21,22,25). The van der Waals surface area contributed by atoms with Crippen LogP contribution in [0.25, 0.3) is 0 Å². The number of carbonyl (C=O) groups excluding carboxylic acids is 1. The predicted octanol–water partition coefficient (Wildman–Crippen LogP) is 0.219. The topological polar surface area (TPSA) is 138 Å². The van der Waals surface area contributed by atoms with Crippen molar-refractivity contribution in [2.75, 3.05) is 13.2 Å². The van der Waals surface area contributed by atoms with Crippen molar-refractivity contribution in [1.82, 2.24) is 14.9 Å². The number of aromatic nitrogens is 2. The van der Waals surface area contributed by atoms with E-state index in [9.17, 15) is 9.59 Å². The Labute approximate surface area is 168 Å². The van der Waals surface area contributed by atoms with Crippen molar-refractivity contribution < 1.29 is 9.63 Å². The summed E-state index contributed by atoms with van der Waals surface area (Å²) in [7, 11) is 0. The van der Waals surface area contributed by atoms with Crippen LogP contribution in [0.5, 0.6) is 0 Å². The van der Waals surface area contributed by atoms with E-state index >= 15 is 0 Å². The average Bonchev–Trinajstić information content (AvgIpc) is 3.44. The summed E-state index contributed by atoms with van der Waals surface area (Å²) in [4.78, 5) is 34.3. The zero-order chi connectivity index (χ0) is 20.8. The quantitative estimate of drug-likeness (QED) is 0.239. The number of amides is 1. The monoisotopic (exact) mass is 398 g/mol. The van der Waals surface area contributed by atoms with Crippen LogP contribution in [0.3, 0.4) is 0 Å². The number of hydrogen-bond donors (Lipinski definition) is 3. The Morgan fingerprint density at radius 3 is 2.83 bits per heavy atom. The molecule has 0 aliphatic heterocycles. The minimum atomic E-state index is -0.294. The van der Waals surface area contributed by atoms with Gasteiger partial charge < -0.3 is 26.2 Å². The lowest BCUT2D eigenvalue weighted by Crippen LogP contribution is -2.36. The molecule has 0 radical (unpaired) electrons. The Kier molecular flexibility index (Phi) is 6.48. The molecule has 9 nitrogen and oxygen atoms in total. The van der Waals surface area contributed by atoms with Crippen LogP contribution < -0.4 is 22.3 Å². The van der Waals surface area contributed by atoms with Crippen molar-refractivity contribution in [2.24, 2.45) is 22.5 Å². The SMILES string of the molecule is Cc1cnc(C2CC2Cc2ccccc2)c(=O)n1CC(=O)NCCON=C(N)N. The highest BCUT2D eigenvalue weighted by atomic mass is 16.6. The molecule has 154 valence electrons. The van der Waals surface area contributed by atoms with Gasteiger partial charge in [-0.15, -0.1) is 0 Å². The highest BCUT2D eigenvalue weighted by Gasteiger charge is 2.41. The Bertz CT molecular complexity index is 937. The van der Waals surface area contributed by atoms with E-state index in [0.29, 0.717) is 17.3 Å². The van der Waals surface area contributed by atoms with Gasteiger partial charge in [-0.05, 0) is 36.4 Å². The molecule has 0 spiro atoms. The molecule has 9 heteroatoms. The first-order valence-corrected chi connectivity index (χ1v) is 9.53. The molecule has 1 saturated carbocycles. The Morgan fingerprint density at radius 2 is 2.10 bits per heavy atom. The minimum Gasteiger partial charge on any atom is -0.391 e. The largest absolute Gasteiger partial charge is 0.391 e. The van der Waals surface area contributed by atoms with Gasteiger partial charge in [-0.25, -0.2) is 0 Å². The number of nitrogens with one attached hydrogen (secondary N) is 1. The molecule has 1 heterocycles. The third-order valence-corrected chi connectivity index (χ3v) is 4.88. The van der Waals surface area contributed by atoms with Crippen LogP contribution in [0, 0.1) is 12.8 Å². The Hall–Kier alpha value is -3.36. The summed E-state index contributed by atoms with van der Waals surface area (Å²) in [6.45, 7) is 2.05. The molecule has 3 rings (SSSR count). The lowest BCUT2D eigenvalue weighted by Gasteiger charge is -2.11. The summed E-state index contributed by atoms with van der Waals surface area (Å²) in [6, 6.07) is 10.2. The fourth-order valence-corrected chi connectivity index (χ4v) is 3.32. The first kappa shape index (κ1) is 20.4. The van der Waals surface area contributed by atoms with Gasteiger partial charge >= 0.3 is 0 Å². The second-order valence-electron chi connectivity index (χ2n) is 7.17. The summed E-state index contributed by atoms with van der Waals surface area (Å²) in [5.41, 5.74) is 12.5. The van der Waals surface area contributed by atoms with Crippen LogP contribution in [0.15, 0.2) is 46.5 Å². The van der Waals surface area contributed by atoms with Crippen molar-refractivity contribution in [3.05, 3.63) is 63.8 Å². The second-order valence-corrected chi connectivity index (χ2v) is 7.17.